The van der Waals surface area contributed by atoms with E-state index in [4.69, 9.17) is 4.74 Å². The third-order valence-electron chi connectivity index (χ3n) is 4.80. The normalized spacial score (nSPS) is 12.9. The molecule has 1 amide bonds. The lowest BCUT2D eigenvalue weighted by atomic mass is 10.1. The second-order valence-electron chi connectivity index (χ2n) is 6.71. The molecule has 2 aromatic heterocycles. The molecule has 0 spiro atoms. The van der Waals surface area contributed by atoms with E-state index in [1.54, 1.807) is 18.3 Å². The predicted molar refractivity (Wildman–Crippen MR) is 101 cm³/mol. The standard InChI is InChI=1S/C20H22N4O3/c25-19(14-27-17-9-8-15-5-3-6-16(15)13-17)21-10-4-12-24-20(26)23-11-2-1-7-18(23)22-24/h1-2,7-9,11,13H,3-6,10,12,14H2,(H,21,25). The third-order valence-corrected chi connectivity index (χ3v) is 4.80. The Bertz CT molecular complexity index is 1020. The Hall–Kier alpha value is -3.09. The summed E-state index contributed by atoms with van der Waals surface area (Å²) in [4.78, 5) is 24.1. The molecule has 7 nitrogen and oxygen atoms in total. The van der Waals surface area contributed by atoms with Crippen LogP contribution < -0.4 is 15.7 Å². The topological polar surface area (TPSA) is 77.6 Å². The number of nitrogens with one attached hydrogen (secondary N) is 1. The van der Waals surface area contributed by atoms with Crippen molar-refractivity contribution < 1.29 is 9.53 Å². The maximum atomic E-state index is 12.2. The number of hydrogen-bond donors (Lipinski definition) is 1. The first-order valence-corrected chi connectivity index (χ1v) is 9.26. The lowest BCUT2D eigenvalue weighted by Crippen LogP contribution is -2.31. The molecule has 3 aromatic rings. The Balaban J connectivity index is 1.21. The molecule has 0 fully saturated rings. The van der Waals surface area contributed by atoms with Crippen molar-refractivity contribution in [2.45, 2.75) is 32.2 Å². The zero-order chi connectivity index (χ0) is 18.6. The van der Waals surface area contributed by atoms with Crippen LogP contribution in [0.15, 0.2) is 47.4 Å². The van der Waals surface area contributed by atoms with Gasteiger partial charge in [0.1, 0.15) is 5.75 Å². The number of carbonyl (C=O) groups is 1. The van der Waals surface area contributed by atoms with Crippen LogP contribution in [0.1, 0.15) is 24.0 Å². The highest BCUT2D eigenvalue weighted by Crippen LogP contribution is 2.25. The van der Waals surface area contributed by atoms with Crippen LogP contribution in [0, 0.1) is 0 Å². The minimum absolute atomic E-state index is 0.00685. The van der Waals surface area contributed by atoms with Crippen LogP contribution in [-0.2, 0) is 24.2 Å². The van der Waals surface area contributed by atoms with E-state index in [1.165, 1.54) is 26.6 Å². The fourth-order valence-corrected chi connectivity index (χ4v) is 3.41. The Morgan fingerprint density at radius 1 is 1.19 bits per heavy atom. The number of pyridine rings is 1. The summed E-state index contributed by atoms with van der Waals surface area (Å²) in [6, 6.07) is 11.5. The van der Waals surface area contributed by atoms with Gasteiger partial charge in [0, 0.05) is 19.3 Å². The van der Waals surface area contributed by atoms with E-state index < -0.39 is 0 Å². The molecule has 1 aliphatic carbocycles. The molecular weight excluding hydrogens is 344 g/mol. The van der Waals surface area contributed by atoms with Crippen molar-refractivity contribution in [2.75, 3.05) is 13.2 Å². The van der Waals surface area contributed by atoms with E-state index in [9.17, 15) is 9.59 Å². The first-order chi connectivity index (χ1) is 13.2. The number of aromatic nitrogens is 3. The van der Waals surface area contributed by atoms with E-state index in [-0.39, 0.29) is 18.2 Å². The molecule has 1 aliphatic rings. The van der Waals surface area contributed by atoms with Gasteiger partial charge in [-0.3, -0.25) is 9.20 Å². The number of nitrogens with zero attached hydrogens (tertiary/aromatic N) is 3. The first kappa shape index (κ1) is 17.3. The fraction of sp³-hybridized carbons (Fsp3) is 0.350. The van der Waals surface area contributed by atoms with Gasteiger partial charge >= 0.3 is 5.69 Å². The summed E-state index contributed by atoms with van der Waals surface area (Å²) in [6.07, 6.45) is 5.72. The summed E-state index contributed by atoms with van der Waals surface area (Å²) < 4.78 is 8.51. The van der Waals surface area contributed by atoms with E-state index in [0.717, 1.165) is 18.6 Å². The van der Waals surface area contributed by atoms with Gasteiger partial charge < -0.3 is 10.1 Å². The molecule has 0 aliphatic heterocycles. The van der Waals surface area contributed by atoms with Crippen LogP contribution >= 0.6 is 0 Å². The van der Waals surface area contributed by atoms with Gasteiger partial charge in [0.15, 0.2) is 12.3 Å². The molecule has 0 bridgehead atoms. The molecule has 27 heavy (non-hydrogen) atoms. The van der Waals surface area contributed by atoms with Gasteiger partial charge in [-0.1, -0.05) is 12.1 Å². The van der Waals surface area contributed by atoms with E-state index >= 15 is 0 Å². The Kier molecular flexibility index (Phi) is 4.91. The molecule has 0 atom stereocenters. The summed E-state index contributed by atoms with van der Waals surface area (Å²) in [5, 5.41) is 7.08. The number of aryl methyl sites for hydroxylation is 3. The smallest absolute Gasteiger partial charge is 0.350 e. The van der Waals surface area contributed by atoms with Crippen molar-refractivity contribution in [1.82, 2.24) is 19.5 Å². The van der Waals surface area contributed by atoms with Crippen LogP contribution in [0.4, 0.5) is 0 Å². The van der Waals surface area contributed by atoms with Crippen molar-refractivity contribution >= 4 is 11.6 Å². The van der Waals surface area contributed by atoms with Crippen molar-refractivity contribution in [2.24, 2.45) is 0 Å². The van der Waals surface area contributed by atoms with Crippen LogP contribution in [0.3, 0.4) is 0 Å². The molecule has 0 saturated heterocycles. The van der Waals surface area contributed by atoms with Gasteiger partial charge in [-0.25, -0.2) is 9.48 Å². The second-order valence-corrected chi connectivity index (χ2v) is 6.71. The predicted octanol–water partition coefficient (Wildman–Crippen LogP) is 1.57. The Morgan fingerprint density at radius 3 is 2.96 bits per heavy atom. The summed E-state index contributed by atoms with van der Waals surface area (Å²) in [7, 11) is 0. The van der Waals surface area contributed by atoms with Crippen LogP contribution in [0.2, 0.25) is 0 Å². The highest BCUT2D eigenvalue weighted by Gasteiger charge is 2.12. The summed E-state index contributed by atoms with van der Waals surface area (Å²) in [5.41, 5.74) is 3.16. The number of benzene rings is 1. The maximum Gasteiger partial charge on any atom is 0.350 e. The second kappa shape index (κ2) is 7.65. The largest absolute Gasteiger partial charge is 0.484 e. The minimum Gasteiger partial charge on any atom is -0.484 e. The summed E-state index contributed by atoms with van der Waals surface area (Å²) in [5.74, 6) is 0.569. The Morgan fingerprint density at radius 2 is 2.07 bits per heavy atom. The lowest BCUT2D eigenvalue weighted by Gasteiger charge is -2.09. The molecule has 2 heterocycles. The Labute approximate surface area is 156 Å². The number of amides is 1. The van der Waals surface area contributed by atoms with Crippen molar-refractivity contribution in [3.63, 3.8) is 0 Å². The number of ether oxygens (including phenoxy) is 1. The molecular formula is C20H22N4O3. The van der Waals surface area contributed by atoms with Crippen molar-refractivity contribution in [3.8, 4) is 5.75 Å². The van der Waals surface area contributed by atoms with Gasteiger partial charge in [0.05, 0.1) is 0 Å². The highest BCUT2D eigenvalue weighted by molar-refractivity contribution is 5.77. The molecule has 140 valence electrons. The summed E-state index contributed by atoms with van der Waals surface area (Å²) in [6.45, 7) is 0.909. The molecule has 7 heteroatoms. The number of fused-ring (bicyclic) bond motifs is 2. The van der Waals surface area contributed by atoms with Crippen molar-refractivity contribution in [1.29, 1.82) is 0 Å². The van der Waals surface area contributed by atoms with E-state index in [0.29, 0.717) is 25.2 Å². The quantitative estimate of drug-likeness (QED) is 0.644. The summed E-state index contributed by atoms with van der Waals surface area (Å²) >= 11 is 0. The number of carbonyl (C=O) groups excluding carboxylic acids is 1. The average molecular weight is 366 g/mol. The van der Waals surface area contributed by atoms with Gasteiger partial charge in [0.2, 0.25) is 0 Å². The minimum atomic E-state index is -0.170. The van der Waals surface area contributed by atoms with Crippen molar-refractivity contribution in [3.05, 3.63) is 64.2 Å². The number of hydrogen-bond acceptors (Lipinski definition) is 4. The lowest BCUT2D eigenvalue weighted by molar-refractivity contribution is -0.123. The maximum absolute atomic E-state index is 12.2. The zero-order valence-corrected chi connectivity index (χ0v) is 15.1. The molecule has 0 radical (unpaired) electrons. The zero-order valence-electron chi connectivity index (χ0n) is 15.1. The molecule has 0 unspecified atom stereocenters. The van der Waals surface area contributed by atoms with Gasteiger partial charge in [-0.05, 0) is 61.1 Å². The van der Waals surface area contributed by atoms with Gasteiger partial charge in [-0.2, -0.15) is 0 Å². The fourth-order valence-electron chi connectivity index (χ4n) is 3.41. The third kappa shape index (κ3) is 3.86. The van der Waals surface area contributed by atoms with Crippen LogP contribution in [0.5, 0.6) is 5.75 Å². The van der Waals surface area contributed by atoms with Gasteiger partial charge in [-0.15, -0.1) is 5.10 Å². The monoisotopic (exact) mass is 366 g/mol. The highest BCUT2D eigenvalue weighted by atomic mass is 16.5. The van der Waals surface area contributed by atoms with Gasteiger partial charge in [0.25, 0.3) is 5.91 Å². The van der Waals surface area contributed by atoms with Crippen LogP contribution in [-0.4, -0.2) is 33.2 Å². The number of rotatable bonds is 7. The molecule has 4 rings (SSSR count). The molecule has 1 aromatic carbocycles. The van der Waals surface area contributed by atoms with Crippen LogP contribution in [0.25, 0.3) is 5.65 Å². The molecule has 1 N–H and O–H groups in total. The SMILES string of the molecule is O=C(COc1ccc2c(c1)CCC2)NCCCn1nc2ccccn2c1=O. The first-order valence-electron chi connectivity index (χ1n) is 9.26. The van der Waals surface area contributed by atoms with E-state index in [2.05, 4.69) is 16.5 Å². The average Bonchev–Trinajstić information content (AvgIpc) is 3.28. The molecule has 0 saturated carbocycles. The van der Waals surface area contributed by atoms with E-state index in [1.807, 2.05) is 18.2 Å².